The molecule has 3 aliphatic heterocycles. The van der Waals surface area contributed by atoms with E-state index in [0.717, 1.165) is 38.0 Å². The molecule has 33 heavy (non-hydrogen) atoms. The van der Waals surface area contributed by atoms with Crippen molar-refractivity contribution in [2.24, 2.45) is 5.92 Å². The topological polar surface area (TPSA) is 116 Å². The van der Waals surface area contributed by atoms with E-state index in [4.69, 9.17) is 14.9 Å². The standard InChI is InChI=1S/C20H21FN2O2.C4H4O4/c21-16-6-7-18(17(12-16)14-4-2-1-3-5-14)22-20(24)25-19-13-23-10-8-15(19)9-11-23;5-3(6)1-2-4(7)8/h1-7,12,15,19H,8-11,13H2,(H,22,24);1-2H,(H,5,6)(H,7,8)/b;2-1+. The molecule has 174 valence electrons. The Morgan fingerprint density at radius 1 is 1.00 bits per heavy atom. The third kappa shape index (κ3) is 7.15. The van der Waals surface area contributed by atoms with Gasteiger partial charge in [-0.2, -0.15) is 0 Å². The molecule has 3 aliphatic rings. The molecule has 3 heterocycles. The molecule has 3 saturated heterocycles. The van der Waals surface area contributed by atoms with Crippen molar-refractivity contribution < 1.29 is 33.7 Å². The van der Waals surface area contributed by atoms with Gasteiger partial charge in [0.15, 0.2) is 0 Å². The van der Waals surface area contributed by atoms with E-state index >= 15 is 0 Å². The number of carbonyl (C=O) groups is 3. The number of ether oxygens (including phenoxy) is 1. The highest BCUT2D eigenvalue weighted by Gasteiger charge is 2.36. The second kappa shape index (κ2) is 11.2. The Balaban J connectivity index is 0.000000331. The van der Waals surface area contributed by atoms with E-state index < -0.39 is 18.0 Å². The van der Waals surface area contributed by atoms with Crippen molar-refractivity contribution in [1.82, 2.24) is 4.90 Å². The van der Waals surface area contributed by atoms with Gasteiger partial charge in [0.05, 0.1) is 5.69 Å². The third-order valence-electron chi connectivity index (χ3n) is 5.53. The number of halogens is 1. The Hall–Kier alpha value is -3.72. The van der Waals surface area contributed by atoms with Gasteiger partial charge in [-0.25, -0.2) is 18.8 Å². The number of benzene rings is 2. The highest BCUT2D eigenvalue weighted by atomic mass is 19.1. The summed E-state index contributed by atoms with van der Waals surface area (Å²) in [6.45, 7) is 3.01. The molecule has 5 rings (SSSR count). The summed E-state index contributed by atoms with van der Waals surface area (Å²) in [6, 6.07) is 13.8. The first-order valence-corrected chi connectivity index (χ1v) is 10.5. The number of hydrogen-bond donors (Lipinski definition) is 3. The maximum Gasteiger partial charge on any atom is 0.411 e. The van der Waals surface area contributed by atoms with Crippen LogP contribution in [0.4, 0.5) is 14.9 Å². The van der Waals surface area contributed by atoms with E-state index in [1.807, 2.05) is 30.3 Å². The number of piperidine rings is 3. The zero-order valence-electron chi connectivity index (χ0n) is 17.8. The number of fused-ring (bicyclic) bond motifs is 3. The van der Waals surface area contributed by atoms with Crippen LogP contribution in [0.2, 0.25) is 0 Å². The molecule has 0 aliphatic carbocycles. The quantitative estimate of drug-likeness (QED) is 0.585. The Labute approximate surface area is 190 Å². The molecular formula is C24H25FN2O6. The minimum Gasteiger partial charge on any atom is -0.478 e. The zero-order chi connectivity index (χ0) is 23.8. The number of anilines is 1. The van der Waals surface area contributed by atoms with Crippen LogP contribution in [-0.2, 0) is 14.3 Å². The molecule has 0 aromatic heterocycles. The molecular weight excluding hydrogens is 431 g/mol. The van der Waals surface area contributed by atoms with Crippen LogP contribution in [0.25, 0.3) is 11.1 Å². The van der Waals surface area contributed by atoms with Crippen LogP contribution >= 0.6 is 0 Å². The summed E-state index contributed by atoms with van der Waals surface area (Å²) in [5.74, 6) is -2.40. The molecule has 0 spiro atoms. The molecule has 2 aromatic carbocycles. The second-order valence-corrected chi connectivity index (χ2v) is 7.77. The number of rotatable bonds is 5. The zero-order valence-corrected chi connectivity index (χ0v) is 17.8. The third-order valence-corrected chi connectivity index (χ3v) is 5.53. The maximum atomic E-state index is 13.7. The first kappa shape index (κ1) is 23.9. The van der Waals surface area contributed by atoms with Crippen LogP contribution in [0.1, 0.15) is 12.8 Å². The Bertz CT molecular complexity index is 1000. The first-order chi connectivity index (χ1) is 15.8. The van der Waals surface area contributed by atoms with Gasteiger partial charge in [0, 0.05) is 24.3 Å². The SMILES string of the molecule is O=C(Nc1ccc(F)cc1-c1ccccc1)OC1CN2CCC1CC2.O=C(O)/C=C/C(=O)O. The van der Waals surface area contributed by atoms with Crippen molar-refractivity contribution in [2.45, 2.75) is 18.9 Å². The number of carbonyl (C=O) groups excluding carboxylic acids is 1. The lowest BCUT2D eigenvalue weighted by Crippen LogP contribution is -2.52. The molecule has 1 unspecified atom stereocenters. The number of nitrogens with zero attached hydrogens (tertiary/aromatic N) is 1. The number of amides is 1. The largest absolute Gasteiger partial charge is 0.478 e. The van der Waals surface area contributed by atoms with Gasteiger partial charge in [0.2, 0.25) is 0 Å². The number of hydrogen-bond acceptors (Lipinski definition) is 5. The number of carboxylic acid groups (broad SMARTS) is 2. The summed E-state index contributed by atoms with van der Waals surface area (Å²) in [5.41, 5.74) is 2.05. The number of carboxylic acids is 2. The van der Waals surface area contributed by atoms with E-state index in [9.17, 15) is 18.8 Å². The van der Waals surface area contributed by atoms with Crippen molar-refractivity contribution in [3.63, 3.8) is 0 Å². The van der Waals surface area contributed by atoms with Gasteiger partial charge in [-0.1, -0.05) is 30.3 Å². The normalized spacial score (nSPS) is 21.1. The van der Waals surface area contributed by atoms with Gasteiger partial charge in [0.1, 0.15) is 11.9 Å². The van der Waals surface area contributed by atoms with E-state index in [1.165, 1.54) is 12.1 Å². The highest BCUT2D eigenvalue weighted by molar-refractivity contribution is 5.91. The predicted molar refractivity (Wildman–Crippen MR) is 119 cm³/mol. The number of aliphatic carboxylic acids is 2. The van der Waals surface area contributed by atoms with E-state index in [-0.39, 0.29) is 11.9 Å². The fraction of sp³-hybridized carbons (Fsp3) is 0.292. The van der Waals surface area contributed by atoms with Gasteiger partial charge in [-0.15, -0.1) is 0 Å². The van der Waals surface area contributed by atoms with E-state index in [0.29, 0.717) is 29.3 Å². The molecule has 0 saturated carbocycles. The molecule has 8 nitrogen and oxygen atoms in total. The number of nitrogens with one attached hydrogen (secondary N) is 1. The van der Waals surface area contributed by atoms with Crippen molar-refractivity contribution in [3.05, 3.63) is 66.5 Å². The fourth-order valence-electron chi connectivity index (χ4n) is 3.95. The lowest BCUT2D eigenvalue weighted by atomic mass is 9.86. The lowest BCUT2D eigenvalue weighted by Gasteiger charge is -2.43. The molecule has 2 bridgehead atoms. The molecule has 1 atom stereocenters. The Morgan fingerprint density at radius 3 is 2.18 bits per heavy atom. The summed E-state index contributed by atoms with van der Waals surface area (Å²) in [4.78, 5) is 33.8. The molecule has 9 heteroatoms. The van der Waals surface area contributed by atoms with E-state index in [2.05, 4.69) is 10.2 Å². The average Bonchev–Trinajstić information content (AvgIpc) is 2.80. The smallest absolute Gasteiger partial charge is 0.411 e. The Kier molecular flexibility index (Phi) is 8.15. The van der Waals surface area contributed by atoms with Crippen molar-refractivity contribution in [2.75, 3.05) is 25.0 Å². The van der Waals surface area contributed by atoms with Gasteiger partial charge < -0.3 is 14.9 Å². The summed E-state index contributed by atoms with van der Waals surface area (Å²) in [6.07, 6.45) is 2.77. The van der Waals surface area contributed by atoms with Crippen molar-refractivity contribution in [3.8, 4) is 11.1 Å². The van der Waals surface area contributed by atoms with Crippen molar-refractivity contribution in [1.29, 1.82) is 0 Å². The summed E-state index contributed by atoms with van der Waals surface area (Å²) < 4.78 is 19.4. The summed E-state index contributed by atoms with van der Waals surface area (Å²) >= 11 is 0. The summed E-state index contributed by atoms with van der Waals surface area (Å²) in [7, 11) is 0. The van der Waals surface area contributed by atoms with Gasteiger partial charge in [-0.3, -0.25) is 10.2 Å². The lowest BCUT2D eigenvalue weighted by molar-refractivity contribution is -0.134. The molecule has 2 aromatic rings. The van der Waals surface area contributed by atoms with Crippen molar-refractivity contribution >= 4 is 23.7 Å². The molecule has 3 fully saturated rings. The predicted octanol–water partition coefficient (Wildman–Crippen LogP) is 3.85. The van der Waals surface area contributed by atoms with Gasteiger partial charge in [-0.05, 0) is 55.6 Å². The van der Waals surface area contributed by atoms with Gasteiger partial charge in [0.25, 0.3) is 0 Å². The van der Waals surface area contributed by atoms with Crippen LogP contribution in [0, 0.1) is 11.7 Å². The Morgan fingerprint density at radius 2 is 1.64 bits per heavy atom. The van der Waals surface area contributed by atoms with Crippen LogP contribution in [0.3, 0.4) is 0 Å². The maximum absolute atomic E-state index is 13.7. The van der Waals surface area contributed by atoms with Crippen LogP contribution in [0.15, 0.2) is 60.7 Å². The minimum atomic E-state index is -1.26. The monoisotopic (exact) mass is 456 g/mol. The van der Waals surface area contributed by atoms with Crippen LogP contribution in [-0.4, -0.2) is 58.9 Å². The first-order valence-electron chi connectivity index (χ1n) is 10.5. The summed E-state index contributed by atoms with van der Waals surface area (Å²) in [5, 5.41) is 18.4. The highest BCUT2D eigenvalue weighted by Crippen LogP contribution is 2.31. The average molecular weight is 456 g/mol. The molecule has 3 N–H and O–H groups in total. The molecule has 0 radical (unpaired) electrons. The van der Waals surface area contributed by atoms with Gasteiger partial charge >= 0.3 is 18.0 Å². The fourth-order valence-corrected chi connectivity index (χ4v) is 3.95. The van der Waals surface area contributed by atoms with Crippen LogP contribution in [0.5, 0.6) is 0 Å². The molecule has 1 amide bonds. The second-order valence-electron chi connectivity index (χ2n) is 7.77. The minimum absolute atomic E-state index is 0.0527. The van der Waals surface area contributed by atoms with E-state index in [1.54, 1.807) is 6.07 Å². The van der Waals surface area contributed by atoms with Crippen LogP contribution < -0.4 is 5.32 Å².